The molecule has 0 aliphatic heterocycles. The van der Waals surface area contributed by atoms with Crippen LogP contribution in [-0.4, -0.2) is 50.5 Å². The quantitative estimate of drug-likeness (QED) is 0.280. The summed E-state index contributed by atoms with van der Waals surface area (Å²) in [7, 11) is 2.14. The first kappa shape index (κ1) is 28.5. The highest BCUT2D eigenvalue weighted by molar-refractivity contribution is 7.20. The van der Waals surface area contributed by atoms with E-state index in [9.17, 15) is 27.6 Å². The molecule has 38 heavy (non-hydrogen) atoms. The van der Waals surface area contributed by atoms with E-state index in [2.05, 4.69) is 10.1 Å². The molecular weight excluding hydrogens is 525 g/mol. The molecule has 0 aliphatic carbocycles. The second kappa shape index (κ2) is 11.5. The monoisotopic (exact) mass is 550 g/mol. The van der Waals surface area contributed by atoms with Gasteiger partial charge in [-0.1, -0.05) is 30.3 Å². The second-order valence-corrected chi connectivity index (χ2v) is 8.91. The van der Waals surface area contributed by atoms with Crippen LogP contribution in [0.25, 0.3) is 10.4 Å². The largest absolute Gasteiger partial charge is 0.497 e. The van der Waals surface area contributed by atoms with Crippen molar-refractivity contribution in [1.29, 1.82) is 0 Å². The Bertz CT molecular complexity index is 1310. The molecule has 0 radical (unpaired) electrons. The van der Waals surface area contributed by atoms with Crippen molar-refractivity contribution in [2.45, 2.75) is 25.7 Å². The summed E-state index contributed by atoms with van der Waals surface area (Å²) in [6, 6.07) is 13.9. The number of nitrogens with one attached hydrogen (secondary N) is 2. The van der Waals surface area contributed by atoms with Crippen LogP contribution < -0.4 is 15.4 Å². The van der Waals surface area contributed by atoms with Crippen LogP contribution in [-0.2, 0) is 14.3 Å². The number of hydrogen-bond acceptors (Lipinski definition) is 8. The topological polar surface area (TPSA) is 103 Å². The maximum absolute atomic E-state index is 14.7. The number of halogens is 3. The maximum atomic E-state index is 14.7. The molecule has 0 unspecified atom stereocenters. The molecule has 2 aromatic carbocycles. The first-order valence-electron chi connectivity index (χ1n) is 11.2. The van der Waals surface area contributed by atoms with Gasteiger partial charge in [-0.3, -0.25) is 4.79 Å². The van der Waals surface area contributed by atoms with E-state index < -0.39 is 29.7 Å². The van der Waals surface area contributed by atoms with Gasteiger partial charge in [0.25, 0.3) is 5.91 Å². The summed E-state index contributed by atoms with van der Waals surface area (Å²) in [6.45, 7) is 3.07. The lowest BCUT2D eigenvalue weighted by molar-refractivity contribution is -0.203. The van der Waals surface area contributed by atoms with Gasteiger partial charge >= 0.3 is 23.8 Å². The van der Waals surface area contributed by atoms with Crippen molar-refractivity contribution in [2.75, 3.05) is 26.1 Å². The molecule has 0 saturated carbocycles. The molecule has 8 nitrogen and oxygen atoms in total. The van der Waals surface area contributed by atoms with Crippen LogP contribution in [0.1, 0.15) is 33.2 Å². The molecule has 2 N–H and O–H groups in total. The molecule has 202 valence electrons. The zero-order valence-electron chi connectivity index (χ0n) is 20.9. The molecule has 1 heterocycles. The molecule has 3 aromatic rings. The van der Waals surface area contributed by atoms with Crippen LogP contribution in [0.5, 0.6) is 5.75 Å². The van der Waals surface area contributed by atoms with Crippen LogP contribution in [0.4, 0.5) is 18.2 Å². The molecule has 0 aliphatic rings. The van der Waals surface area contributed by atoms with Gasteiger partial charge in [-0.2, -0.15) is 13.2 Å². The molecule has 1 aromatic heterocycles. The molecule has 0 saturated heterocycles. The Kier molecular flexibility index (Phi) is 8.67. The van der Waals surface area contributed by atoms with E-state index >= 15 is 0 Å². The normalized spacial score (nSPS) is 12.7. The lowest BCUT2D eigenvalue weighted by Crippen LogP contribution is -2.69. The Hall–Kier alpha value is -4.06. The van der Waals surface area contributed by atoms with Crippen LogP contribution in [0.15, 0.2) is 54.6 Å². The number of esters is 2. The number of anilines is 1. The molecule has 0 bridgehead atoms. The molecular formula is C26H25F3N2O6S. The van der Waals surface area contributed by atoms with Crippen LogP contribution in [0, 0.1) is 6.92 Å². The first-order valence-corrected chi connectivity index (χ1v) is 12.1. The Morgan fingerprint density at radius 2 is 1.61 bits per heavy atom. The summed E-state index contributed by atoms with van der Waals surface area (Å²) in [5.74, 6) is -3.59. The summed E-state index contributed by atoms with van der Waals surface area (Å²) in [5.41, 5.74) is -3.16. The minimum atomic E-state index is -5.40. The Morgan fingerprint density at radius 3 is 2.13 bits per heavy atom. The average Bonchev–Trinajstić information content (AvgIpc) is 3.23. The predicted octanol–water partition coefficient (Wildman–Crippen LogP) is 5.18. The fourth-order valence-corrected chi connectivity index (χ4v) is 4.87. The number of carbonyl (C=O) groups excluding carboxylic acids is 3. The maximum Gasteiger partial charge on any atom is 0.441 e. The van der Waals surface area contributed by atoms with E-state index in [-0.39, 0.29) is 22.7 Å². The van der Waals surface area contributed by atoms with E-state index in [1.54, 1.807) is 49.5 Å². The smallest absolute Gasteiger partial charge is 0.441 e. The van der Waals surface area contributed by atoms with Gasteiger partial charge in [0.1, 0.15) is 10.8 Å². The fraction of sp³-hybridized carbons (Fsp3) is 0.269. The molecule has 3 rings (SSSR count). The van der Waals surface area contributed by atoms with Crippen LogP contribution in [0.3, 0.4) is 0 Å². The highest BCUT2D eigenvalue weighted by atomic mass is 32.1. The molecule has 0 spiro atoms. The number of methoxy groups -OCH3 is 2. The van der Waals surface area contributed by atoms with Gasteiger partial charge in [-0.25, -0.2) is 9.59 Å². The number of ether oxygens (including phenoxy) is 3. The van der Waals surface area contributed by atoms with E-state index in [1.807, 2.05) is 0 Å². The van der Waals surface area contributed by atoms with Gasteiger partial charge in [0, 0.05) is 10.4 Å². The number of benzene rings is 2. The predicted molar refractivity (Wildman–Crippen MR) is 135 cm³/mol. The van der Waals surface area contributed by atoms with Crippen LogP contribution >= 0.6 is 11.3 Å². The zero-order chi connectivity index (χ0) is 28.1. The van der Waals surface area contributed by atoms with Crippen molar-refractivity contribution in [3.63, 3.8) is 0 Å². The minimum absolute atomic E-state index is 0.0378. The van der Waals surface area contributed by atoms with Crippen molar-refractivity contribution >= 4 is 34.2 Å². The third-order valence-electron chi connectivity index (χ3n) is 5.53. The van der Waals surface area contributed by atoms with Crippen molar-refractivity contribution < 1.29 is 41.8 Å². The summed E-state index contributed by atoms with van der Waals surface area (Å²) in [4.78, 5) is 39.0. The number of amides is 1. The molecule has 1 atom stereocenters. The lowest BCUT2D eigenvalue weighted by atomic mass is 10.1. The number of alkyl halides is 3. The number of rotatable bonds is 9. The third-order valence-corrected chi connectivity index (χ3v) is 6.79. The standard InChI is InChI=1S/C26H25F3N2O6S/c1-5-37-23(33)19-15(2)20(16-9-7-6-8-10-16)38-22(19)31-25(24(34)36-4,26(27,28)29)30-21(32)17-11-13-18(35-3)14-12-17/h6-14,31H,5H2,1-4H3,(H,30,32)/t25-/m0/s1. The SMILES string of the molecule is CCOC(=O)c1c(N[C@@](NC(=O)c2ccc(OC)cc2)(C(=O)OC)C(F)(F)F)sc(-c2ccccc2)c1C. The van der Waals surface area contributed by atoms with Crippen molar-refractivity contribution in [1.82, 2.24) is 5.32 Å². The van der Waals surface area contributed by atoms with E-state index in [1.165, 1.54) is 31.4 Å². The van der Waals surface area contributed by atoms with Crippen LogP contribution in [0.2, 0.25) is 0 Å². The highest BCUT2D eigenvalue weighted by Gasteiger charge is 2.64. The van der Waals surface area contributed by atoms with Gasteiger partial charge in [0.05, 0.1) is 26.4 Å². The first-order chi connectivity index (χ1) is 18.0. The van der Waals surface area contributed by atoms with Crippen molar-refractivity contribution in [2.24, 2.45) is 0 Å². The lowest BCUT2D eigenvalue weighted by Gasteiger charge is -2.34. The van der Waals surface area contributed by atoms with Gasteiger partial charge < -0.3 is 24.8 Å². The van der Waals surface area contributed by atoms with E-state index in [4.69, 9.17) is 9.47 Å². The Morgan fingerprint density at radius 1 is 0.974 bits per heavy atom. The van der Waals surface area contributed by atoms with E-state index in [0.29, 0.717) is 21.8 Å². The Labute approximate surface area is 220 Å². The number of hydrogen-bond donors (Lipinski definition) is 2. The Balaban J connectivity index is 2.17. The average molecular weight is 551 g/mol. The van der Waals surface area contributed by atoms with Gasteiger partial charge in [0.2, 0.25) is 0 Å². The van der Waals surface area contributed by atoms with Crippen molar-refractivity contribution in [3.05, 3.63) is 71.3 Å². The third kappa shape index (κ3) is 5.59. The number of thiophene rings is 1. The highest BCUT2D eigenvalue weighted by Crippen LogP contribution is 2.43. The molecule has 1 amide bonds. The van der Waals surface area contributed by atoms with Gasteiger partial charge in [-0.15, -0.1) is 11.3 Å². The van der Waals surface area contributed by atoms with Gasteiger partial charge in [0.15, 0.2) is 0 Å². The second-order valence-electron chi connectivity index (χ2n) is 7.89. The molecule has 12 heteroatoms. The number of carbonyl (C=O) groups is 3. The summed E-state index contributed by atoms with van der Waals surface area (Å²) in [5, 5.41) is 3.53. The van der Waals surface area contributed by atoms with Crippen molar-refractivity contribution in [3.8, 4) is 16.2 Å². The minimum Gasteiger partial charge on any atom is -0.497 e. The summed E-state index contributed by atoms with van der Waals surface area (Å²) in [6.07, 6.45) is -5.40. The summed E-state index contributed by atoms with van der Waals surface area (Å²) < 4.78 is 58.7. The van der Waals surface area contributed by atoms with Gasteiger partial charge in [-0.05, 0) is 49.2 Å². The molecule has 0 fully saturated rings. The zero-order valence-corrected chi connectivity index (χ0v) is 21.7. The summed E-state index contributed by atoms with van der Waals surface area (Å²) >= 11 is 0.805. The fourth-order valence-electron chi connectivity index (χ4n) is 3.61. The van der Waals surface area contributed by atoms with E-state index in [0.717, 1.165) is 18.4 Å².